The van der Waals surface area contributed by atoms with Crippen molar-refractivity contribution in [2.75, 3.05) is 12.3 Å². The Bertz CT molecular complexity index is 481. The number of pyridine rings is 1. The first-order valence-electron chi connectivity index (χ1n) is 5.82. The number of anilines is 1. The standard InChI is InChI=1S/C13H18ClN3O2/c1-13(2,3)19-12(18)16-6-4-5-11-10(15)7-9(14)8-17-11/h4-5,7-8H,6,15H2,1-3H3,(H,16,18). The minimum absolute atomic E-state index is 0.332. The fourth-order valence-corrected chi connectivity index (χ4v) is 1.40. The molecule has 0 unspecified atom stereocenters. The number of aromatic nitrogens is 1. The van der Waals surface area contributed by atoms with E-state index in [1.807, 2.05) is 0 Å². The van der Waals surface area contributed by atoms with Crippen LogP contribution < -0.4 is 11.1 Å². The van der Waals surface area contributed by atoms with Crippen molar-refractivity contribution in [1.82, 2.24) is 10.3 Å². The van der Waals surface area contributed by atoms with Gasteiger partial charge in [-0.3, -0.25) is 4.98 Å². The summed E-state index contributed by atoms with van der Waals surface area (Å²) in [4.78, 5) is 15.4. The molecule has 1 aromatic heterocycles. The van der Waals surface area contributed by atoms with Gasteiger partial charge in [-0.25, -0.2) is 4.79 Å². The lowest BCUT2D eigenvalue weighted by Gasteiger charge is -2.19. The molecular weight excluding hydrogens is 266 g/mol. The van der Waals surface area contributed by atoms with E-state index in [2.05, 4.69) is 10.3 Å². The smallest absolute Gasteiger partial charge is 0.407 e. The van der Waals surface area contributed by atoms with Gasteiger partial charge in [0.25, 0.3) is 0 Å². The molecule has 5 nitrogen and oxygen atoms in total. The number of nitrogens with zero attached hydrogens (tertiary/aromatic N) is 1. The Morgan fingerprint density at radius 2 is 2.26 bits per heavy atom. The highest BCUT2D eigenvalue weighted by Gasteiger charge is 2.14. The fourth-order valence-electron chi connectivity index (χ4n) is 1.23. The van der Waals surface area contributed by atoms with E-state index < -0.39 is 11.7 Å². The van der Waals surface area contributed by atoms with Crippen LogP contribution in [-0.4, -0.2) is 23.2 Å². The third-order valence-electron chi connectivity index (χ3n) is 1.95. The van der Waals surface area contributed by atoms with Gasteiger partial charge in [0.1, 0.15) is 5.60 Å². The molecule has 104 valence electrons. The zero-order valence-corrected chi connectivity index (χ0v) is 12.0. The third-order valence-corrected chi connectivity index (χ3v) is 2.16. The largest absolute Gasteiger partial charge is 0.444 e. The predicted molar refractivity (Wildman–Crippen MR) is 76.9 cm³/mol. The molecule has 3 N–H and O–H groups in total. The number of carbonyl (C=O) groups is 1. The summed E-state index contributed by atoms with van der Waals surface area (Å²) in [6.07, 6.45) is 4.49. The quantitative estimate of drug-likeness (QED) is 0.894. The summed E-state index contributed by atoms with van der Waals surface area (Å²) >= 11 is 5.74. The first-order chi connectivity index (χ1) is 8.78. The maximum Gasteiger partial charge on any atom is 0.407 e. The Balaban J connectivity index is 2.44. The van der Waals surface area contributed by atoms with E-state index in [1.54, 1.807) is 39.0 Å². The molecule has 0 radical (unpaired) electrons. The van der Waals surface area contributed by atoms with Crippen molar-refractivity contribution in [3.05, 3.63) is 29.1 Å². The number of halogens is 1. The van der Waals surface area contributed by atoms with Gasteiger partial charge in [-0.15, -0.1) is 0 Å². The van der Waals surface area contributed by atoms with Crippen LogP contribution in [0.3, 0.4) is 0 Å². The van der Waals surface area contributed by atoms with E-state index in [0.717, 1.165) is 0 Å². The van der Waals surface area contributed by atoms with Crippen LogP contribution in [0.1, 0.15) is 26.5 Å². The van der Waals surface area contributed by atoms with Gasteiger partial charge in [-0.2, -0.15) is 0 Å². The number of rotatable bonds is 3. The van der Waals surface area contributed by atoms with E-state index in [0.29, 0.717) is 22.9 Å². The predicted octanol–water partition coefficient (Wildman–Crippen LogP) is 2.86. The monoisotopic (exact) mass is 283 g/mol. The second-order valence-electron chi connectivity index (χ2n) is 4.91. The van der Waals surface area contributed by atoms with Crippen molar-refractivity contribution in [2.45, 2.75) is 26.4 Å². The minimum Gasteiger partial charge on any atom is -0.444 e. The van der Waals surface area contributed by atoms with E-state index in [9.17, 15) is 4.79 Å². The first kappa shape index (κ1) is 15.3. The lowest BCUT2D eigenvalue weighted by atomic mass is 10.2. The maximum atomic E-state index is 11.4. The number of alkyl carbamates (subject to hydrolysis) is 1. The van der Waals surface area contributed by atoms with Crippen LogP contribution >= 0.6 is 11.6 Å². The molecule has 0 spiro atoms. The van der Waals surface area contributed by atoms with Gasteiger partial charge in [0, 0.05) is 12.7 Å². The highest BCUT2D eigenvalue weighted by Crippen LogP contribution is 2.15. The van der Waals surface area contributed by atoms with Crippen LogP contribution in [0.25, 0.3) is 6.08 Å². The molecule has 0 saturated carbocycles. The molecule has 6 heteroatoms. The normalized spacial score (nSPS) is 11.6. The lowest BCUT2D eigenvalue weighted by Crippen LogP contribution is -2.32. The van der Waals surface area contributed by atoms with E-state index in [4.69, 9.17) is 22.1 Å². The molecule has 0 fully saturated rings. The molecule has 0 aliphatic heterocycles. The highest BCUT2D eigenvalue weighted by molar-refractivity contribution is 6.30. The van der Waals surface area contributed by atoms with Crippen LogP contribution in [0, 0.1) is 0 Å². The summed E-state index contributed by atoms with van der Waals surface area (Å²) in [7, 11) is 0. The van der Waals surface area contributed by atoms with Crippen molar-refractivity contribution in [3.63, 3.8) is 0 Å². The average molecular weight is 284 g/mol. The Kier molecular flexibility index (Phi) is 5.18. The zero-order chi connectivity index (χ0) is 14.5. The number of nitrogen functional groups attached to an aromatic ring is 1. The van der Waals surface area contributed by atoms with Crippen molar-refractivity contribution >= 4 is 29.5 Å². The van der Waals surface area contributed by atoms with Gasteiger partial charge in [0.15, 0.2) is 0 Å². The minimum atomic E-state index is -0.504. The molecule has 19 heavy (non-hydrogen) atoms. The van der Waals surface area contributed by atoms with E-state index in [-0.39, 0.29) is 0 Å². The molecule has 1 rings (SSSR count). The maximum absolute atomic E-state index is 11.4. The molecular formula is C13H18ClN3O2. The van der Waals surface area contributed by atoms with Gasteiger partial charge < -0.3 is 15.8 Å². The molecule has 0 aromatic carbocycles. The van der Waals surface area contributed by atoms with E-state index >= 15 is 0 Å². The molecule has 0 aliphatic carbocycles. The van der Waals surface area contributed by atoms with Crippen molar-refractivity contribution in [1.29, 1.82) is 0 Å². The molecule has 0 atom stereocenters. The molecule has 0 saturated heterocycles. The second-order valence-corrected chi connectivity index (χ2v) is 5.35. The van der Waals surface area contributed by atoms with Gasteiger partial charge in [-0.1, -0.05) is 17.7 Å². The van der Waals surface area contributed by atoms with Crippen molar-refractivity contribution < 1.29 is 9.53 Å². The van der Waals surface area contributed by atoms with Crippen LogP contribution in [0.4, 0.5) is 10.5 Å². The van der Waals surface area contributed by atoms with Crippen LogP contribution in [-0.2, 0) is 4.74 Å². The molecule has 1 heterocycles. The number of ether oxygens (including phenoxy) is 1. The number of nitrogens with one attached hydrogen (secondary N) is 1. The topological polar surface area (TPSA) is 77.2 Å². The number of carbonyl (C=O) groups excluding carboxylic acids is 1. The van der Waals surface area contributed by atoms with Gasteiger partial charge in [0.2, 0.25) is 0 Å². The lowest BCUT2D eigenvalue weighted by molar-refractivity contribution is 0.0534. The molecule has 1 amide bonds. The molecule has 1 aromatic rings. The summed E-state index contributed by atoms with van der Waals surface area (Å²) in [6, 6.07) is 1.62. The number of nitrogens with two attached hydrogens (primary N) is 1. The average Bonchev–Trinajstić information content (AvgIpc) is 2.24. The highest BCUT2D eigenvalue weighted by atomic mass is 35.5. The van der Waals surface area contributed by atoms with Crippen LogP contribution in [0.5, 0.6) is 0 Å². The Hall–Kier alpha value is -1.75. The number of hydrogen-bond acceptors (Lipinski definition) is 4. The molecule has 0 aliphatic rings. The summed E-state index contributed by atoms with van der Waals surface area (Å²) in [5.41, 5.74) is 6.33. The Labute approximate surface area is 117 Å². The summed E-state index contributed by atoms with van der Waals surface area (Å²) < 4.78 is 5.09. The molecule has 0 bridgehead atoms. The second kappa shape index (κ2) is 6.43. The van der Waals surface area contributed by atoms with Crippen molar-refractivity contribution in [3.8, 4) is 0 Å². The summed E-state index contributed by atoms with van der Waals surface area (Å²) in [6.45, 7) is 5.75. The zero-order valence-electron chi connectivity index (χ0n) is 11.2. The first-order valence-corrected chi connectivity index (χ1v) is 6.20. The van der Waals surface area contributed by atoms with Crippen molar-refractivity contribution in [2.24, 2.45) is 0 Å². The summed E-state index contributed by atoms with van der Waals surface area (Å²) in [5.74, 6) is 0. The van der Waals surface area contributed by atoms with Gasteiger partial charge >= 0.3 is 6.09 Å². The SMILES string of the molecule is CC(C)(C)OC(=O)NCC=Cc1ncc(Cl)cc1N. The van der Waals surface area contributed by atoms with Crippen LogP contribution in [0.2, 0.25) is 5.02 Å². The van der Waals surface area contributed by atoms with Crippen LogP contribution in [0.15, 0.2) is 18.3 Å². The Morgan fingerprint density at radius 3 is 2.84 bits per heavy atom. The summed E-state index contributed by atoms with van der Waals surface area (Å²) in [5, 5.41) is 3.09. The number of amides is 1. The van der Waals surface area contributed by atoms with Gasteiger partial charge in [-0.05, 0) is 32.9 Å². The number of hydrogen-bond donors (Lipinski definition) is 2. The fraction of sp³-hybridized carbons (Fsp3) is 0.385. The van der Waals surface area contributed by atoms with E-state index in [1.165, 1.54) is 6.20 Å². The Morgan fingerprint density at radius 1 is 1.58 bits per heavy atom. The third kappa shape index (κ3) is 6.10. The van der Waals surface area contributed by atoms with Gasteiger partial charge in [0.05, 0.1) is 16.4 Å².